The van der Waals surface area contributed by atoms with Crippen LogP contribution in [-0.4, -0.2) is 39.0 Å². The van der Waals surface area contributed by atoms with Gasteiger partial charge < -0.3 is 20.0 Å². The van der Waals surface area contributed by atoms with E-state index in [1.807, 2.05) is 36.4 Å². The van der Waals surface area contributed by atoms with Gasteiger partial charge in [0.2, 0.25) is 4.21 Å². The largest absolute Gasteiger partial charge is 0.611 e. The van der Waals surface area contributed by atoms with Gasteiger partial charge >= 0.3 is 0 Å². The van der Waals surface area contributed by atoms with Crippen LogP contribution in [0.1, 0.15) is 0 Å². The number of fused-ring (bicyclic) bond motifs is 1. The monoisotopic (exact) mass is 426 g/mol. The van der Waals surface area contributed by atoms with Gasteiger partial charge in [0.1, 0.15) is 16.3 Å². The first-order valence-corrected chi connectivity index (χ1v) is 10.9. The van der Waals surface area contributed by atoms with Gasteiger partial charge in [-0.3, -0.25) is 4.79 Å². The van der Waals surface area contributed by atoms with Crippen LogP contribution in [0, 0.1) is 0 Å². The lowest BCUT2D eigenvalue weighted by atomic mass is 10.0. The highest BCUT2D eigenvalue weighted by atomic mass is 32.2. The highest BCUT2D eigenvalue weighted by molar-refractivity contribution is 7.93. The Bertz CT molecular complexity index is 1210. The van der Waals surface area contributed by atoms with Crippen molar-refractivity contribution in [3.63, 3.8) is 0 Å². The zero-order valence-electron chi connectivity index (χ0n) is 15.5. The van der Waals surface area contributed by atoms with Crippen LogP contribution >= 0.6 is 11.3 Å². The van der Waals surface area contributed by atoms with E-state index < -0.39 is 11.2 Å². The first-order chi connectivity index (χ1) is 14.1. The first kappa shape index (κ1) is 19.6. The van der Waals surface area contributed by atoms with Gasteiger partial charge in [-0.05, 0) is 17.2 Å². The predicted molar refractivity (Wildman–Crippen MR) is 116 cm³/mol. The predicted octanol–water partition coefficient (Wildman–Crippen LogP) is 3.05. The summed E-state index contributed by atoms with van der Waals surface area (Å²) in [5, 5.41) is 0.760. The number of aromatic nitrogens is 3. The lowest BCUT2D eigenvalue weighted by molar-refractivity contribution is 0.217. The van der Waals surface area contributed by atoms with Gasteiger partial charge in [-0.2, -0.15) is 0 Å². The second-order valence-corrected chi connectivity index (χ2v) is 9.01. The van der Waals surface area contributed by atoms with E-state index >= 15 is 0 Å². The van der Waals surface area contributed by atoms with Crippen LogP contribution in [0.2, 0.25) is 0 Å². The zero-order valence-corrected chi connectivity index (χ0v) is 17.2. The van der Waals surface area contributed by atoms with Crippen molar-refractivity contribution in [3.8, 4) is 22.5 Å². The molecule has 1 atom stereocenters. The summed E-state index contributed by atoms with van der Waals surface area (Å²) in [4.78, 5) is 23.8. The standard InChI is InChI=1S/C20H18N4O3S2/c1-27-7-8-29(26)20-18(21)17-13(12-5-3-2-4-6-12)9-15(24-19(17)28-20)14-10-16(25)23-11-22-14/h2-6,9-11H,7-8,21H2,1H3,(H,22,23,25). The maximum absolute atomic E-state index is 12.7. The summed E-state index contributed by atoms with van der Waals surface area (Å²) in [6, 6.07) is 13.0. The molecule has 4 rings (SSSR count). The summed E-state index contributed by atoms with van der Waals surface area (Å²) >= 11 is 0.00971. The topological polar surface area (TPSA) is 117 Å². The van der Waals surface area contributed by atoms with E-state index in [0.29, 0.717) is 38.5 Å². The zero-order chi connectivity index (χ0) is 20.4. The molecule has 1 unspecified atom stereocenters. The van der Waals surface area contributed by atoms with Crippen LogP contribution in [0.4, 0.5) is 5.69 Å². The molecule has 1 aromatic carbocycles. The lowest BCUT2D eigenvalue weighted by Gasteiger charge is -2.09. The summed E-state index contributed by atoms with van der Waals surface area (Å²) in [6.45, 7) is 0.376. The van der Waals surface area contributed by atoms with Gasteiger partial charge in [0.15, 0.2) is 0 Å². The van der Waals surface area contributed by atoms with Gasteiger partial charge in [0.05, 0.1) is 24.3 Å². The van der Waals surface area contributed by atoms with E-state index in [0.717, 1.165) is 16.5 Å². The summed E-state index contributed by atoms with van der Waals surface area (Å²) in [7, 11) is 1.57. The SMILES string of the molecule is COCC[S+]([O-])c1sc2nc(-c3cc(=O)[nH]cn3)cc(-c3ccccc3)c2c1N. The van der Waals surface area contributed by atoms with Crippen LogP contribution in [0.15, 0.2) is 57.8 Å². The molecule has 0 aliphatic heterocycles. The Morgan fingerprint density at radius 1 is 1.24 bits per heavy atom. The molecular formula is C20H18N4O3S2. The number of hydrogen-bond acceptors (Lipinski definition) is 7. The number of nitrogens with two attached hydrogens (primary N) is 1. The number of rotatable bonds is 6. The molecule has 7 nitrogen and oxygen atoms in total. The summed E-state index contributed by atoms with van der Waals surface area (Å²) in [6.07, 6.45) is 1.35. The quantitative estimate of drug-likeness (QED) is 0.458. The third kappa shape index (κ3) is 3.90. The van der Waals surface area contributed by atoms with E-state index in [9.17, 15) is 9.35 Å². The Balaban J connectivity index is 1.96. The third-order valence-electron chi connectivity index (χ3n) is 4.37. The number of methoxy groups -OCH3 is 1. The van der Waals surface area contributed by atoms with Crippen LogP contribution in [-0.2, 0) is 15.9 Å². The van der Waals surface area contributed by atoms with Crippen molar-refractivity contribution >= 4 is 38.4 Å². The van der Waals surface area contributed by atoms with Crippen molar-refractivity contribution in [2.45, 2.75) is 4.21 Å². The molecule has 0 saturated carbocycles. The number of anilines is 1. The van der Waals surface area contributed by atoms with E-state index in [-0.39, 0.29) is 5.56 Å². The number of thiophene rings is 1. The van der Waals surface area contributed by atoms with E-state index in [1.54, 1.807) is 7.11 Å². The Morgan fingerprint density at radius 2 is 2.03 bits per heavy atom. The molecule has 3 aromatic heterocycles. The smallest absolute Gasteiger partial charge is 0.251 e. The van der Waals surface area contributed by atoms with Gasteiger partial charge in [-0.1, -0.05) is 41.7 Å². The average molecular weight is 427 g/mol. The second-order valence-electron chi connectivity index (χ2n) is 6.24. The van der Waals surface area contributed by atoms with Crippen molar-refractivity contribution in [3.05, 3.63) is 59.1 Å². The highest BCUT2D eigenvalue weighted by Gasteiger charge is 2.25. The molecule has 148 valence electrons. The van der Waals surface area contributed by atoms with Gasteiger partial charge in [0, 0.05) is 29.7 Å². The van der Waals surface area contributed by atoms with Gasteiger partial charge in [0.25, 0.3) is 5.56 Å². The van der Waals surface area contributed by atoms with Crippen molar-refractivity contribution in [1.82, 2.24) is 15.0 Å². The minimum Gasteiger partial charge on any atom is -0.611 e. The third-order valence-corrected chi connectivity index (χ3v) is 7.24. The molecule has 3 N–H and O–H groups in total. The first-order valence-electron chi connectivity index (χ1n) is 8.79. The lowest BCUT2D eigenvalue weighted by Crippen LogP contribution is -2.11. The van der Waals surface area contributed by atoms with Crippen molar-refractivity contribution in [2.24, 2.45) is 0 Å². The number of pyridine rings is 1. The molecule has 4 aromatic rings. The van der Waals surface area contributed by atoms with Crippen LogP contribution < -0.4 is 11.3 Å². The second kappa shape index (κ2) is 8.34. The fourth-order valence-electron chi connectivity index (χ4n) is 3.01. The molecule has 0 aliphatic carbocycles. The molecule has 29 heavy (non-hydrogen) atoms. The Kier molecular flexibility index (Phi) is 5.63. The summed E-state index contributed by atoms with van der Waals surface area (Å²) in [5.41, 5.74) is 9.46. The van der Waals surface area contributed by atoms with Crippen molar-refractivity contribution in [2.75, 3.05) is 25.2 Å². The van der Waals surface area contributed by atoms with E-state index in [1.165, 1.54) is 23.7 Å². The molecule has 0 fully saturated rings. The number of ether oxygens (including phenoxy) is 1. The molecule has 0 spiro atoms. The molecule has 3 heterocycles. The Morgan fingerprint density at radius 3 is 2.76 bits per heavy atom. The van der Waals surface area contributed by atoms with E-state index in [4.69, 9.17) is 10.5 Å². The molecule has 0 saturated heterocycles. The number of hydrogen-bond donors (Lipinski definition) is 2. The normalized spacial score (nSPS) is 12.3. The highest BCUT2D eigenvalue weighted by Crippen LogP contribution is 2.43. The average Bonchev–Trinajstić information content (AvgIpc) is 3.08. The Hall–Kier alpha value is -2.72. The number of H-pyrrole nitrogens is 1. The molecular weight excluding hydrogens is 408 g/mol. The fourth-order valence-corrected chi connectivity index (χ4v) is 5.57. The Labute approximate surface area is 173 Å². The van der Waals surface area contributed by atoms with Crippen molar-refractivity contribution < 1.29 is 9.29 Å². The maximum Gasteiger partial charge on any atom is 0.251 e. The number of nitrogen functional groups attached to an aromatic ring is 1. The van der Waals surface area contributed by atoms with Gasteiger partial charge in [-0.15, -0.1) is 0 Å². The number of aromatic amines is 1. The van der Waals surface area contributed by atoms with Crippen LogP contribution in [0.3, 0.4) is 0 Å². The molecule has 9 heteroatoms. The number of nitrogens with one attached hydrogen (secondary N) is 1. The summed E-state index contributed by atoms with van der Waals surface area (Å²) < 4.78 is 18.3. The fraction of sp³-hybridized carbons (Fsp3) is 0.150. The molecule has 0 amide bonds. The molecule has 0 aliphatic rings. The van der Waals surface area contributed by atoms with Crippen molar-refractivity contribution in [1.29, 1.82) is 0 Å². The minimum atomic E-state index is -1.29. The molecule has 0 radical (unpaired) electrons. The van der Waals surface area contributed by atoms with Crippen LogP contribution in [0.25, 0.3) is 32.7 Å². The minimum absolute atomic E-state index is 0.259. The summed E-state index contributed by atoms with van der Waals surface area (Å²) in [5.74, 6) is 0.358. The number of nitrogens with zero attached hydrogens (tertiary/aromatic N) is 2. The number of benzene rings is 1. The molecule has 0 bridgehead atoms. The van der Waals surface area contributed by atoms with Gasteiger partial charge in [-0.25, -0.2) is 9.97 Å². The maximum atomic E-state index is 12.7. The van der Waals surface area contributed by atoms with E-state index in [2.05, 4.69) is 15.0 Å². The van der Waals surface area contributed by atoms with Crippen LogP contribution in [0.5, 0.6) is 0 Å².